The Labute approximate surface area is 116 Å². The monoisotopic (exact) mass is 265 g/mol. The Balaban J connectivity index is 2.34. The van der Waals surface area contributed by atoms with E-state index in [1.165, 1.54) is 5.56 Å². The van der Waals surface area contributed by atoms with Gasteiger partial charge in [0.25, 0.3) is 0 Å². The third-order valence-electron chi connectivity index (χ3n) is 3.58. The molecule has 1 aromatic rings. The van der Waals surface area contributed by atoms with Gasteiger partial charge in [0.05, 0.1) is 13.2 Å². The average molecular weight is 265 g/mol. The zero-order valence-corrected chi connectivity index (χ0v) is 12.4. The Bertz CT molecular complexity index is 360. The van der Waals surface area contributed by atoms with Crippen LogP contribution in [0.15, 0.2) is 24.3 Å². The third kappa shape index (κ3) is 5.62. The van der Waals surface area contributed by atoms with Crippen molar-refractivity contribution < 1.29 is 9.84 Å². The summed E-state index contributed by atoms with van der Waals surface area (Å²) in [5, 5.41) is 9.05. The van der Waals surface area contributed by atoms with Crippen molar-refractivity contribution in [3.8, 4) is 5.75 Å². The highest BCUT2D eigenvalue weighted by atomic mass is 16.5. The summed E-state index contributed by atoms with van der Waals surface area (Å²) in [5.74, 6) is 1.49. The van der Waals surface area contributed by atoms with E-state index in [1.54, 1.807) is 0 Å². The average Bonchev–Trinajstić information content (AvgIpc) is 2.43. The molecule has 3 heteroatoms. The highest BCUT2D eigenvalue weighted by Gasteiger charge is 2.15. The lowest BCUT2D eigenvalue weighted by molar-refractivity contribution is 0.188. The maximum atomic E-state index is 9.05. The van der Waals surface area contributed by atoms with E-state index in [2.05, 4.69) is 26.0 Å². The third-order valence-corrected chi connectivity index (χ3v) is 3.58. The van der Waals surface area contributed by atoms with Gasteiger partial charge in [0.2, 0.25) is 0 Å². The Hall–Kier alpha value is -1.06. The van der Waals surface area contributed by atoms with Crippen molar-refractivity contribution in [3.05, 3.63) is 29.8 Å². The lowest BCUT2D eigenvalue weighted by Gasteiger charge is -2.21. The zero-order chi connectivity index (χ0) is 14.3. The number of nitrogens with two attached hydrogens (primary N) is 1. The Morgan fingerprint density at radius 1 is 1.32 bits per heavy atom. The molecular formula is C16H27NO2. The molecule has 2 atom stereocenters. The topological polar surface area (TPSA) is 55.5 Å². The van der Waals surface area contributed by atoms with E-state index in [-0.39, 0.29) is 6.61 Å². The molecule has 0 aromatic heterocycles. The lowest BCUT2D eigenvalue weighted by atomic mass is 9.98. The van der Waals surface area contributed by atoms with Gasteiger partial charge in [-0.1, -0.05) is 26.0 Å². The van der Waals surface area contributed by atoms with Gasteiger partial charge in [-0.15, -0.1) is 0 Å². The molecule has 2 unspecified atom stereocenters. The summed E-state index contributed by atoms with van der Waals surface area (Å²) >= 11 is 0. The van der Waals surface area contributed by atoms with E-state index < -0.39 is 5.54 Å². The molecule has 3 nitrogen and oxygen atoms in total. The minimum Gasteiger partial charge on any atom is -0.494 e. The number of hydrogen-bond acceptors (Lipinski definition) is 3. The van der Waals surface area contributed by atoms with Crippen LogP contribution in [0.5, 0.6) is 5.75 Å². The highest BCUT2D eigenvalue weighted by molar-refractivity contribution is 5.29. The SMILES string of the molecule is CCC(C)c1ccc(OCCCC(C)(N)CO)cc1. The van der Waals surface area contributed by atoms with Crippen LogP contribution in [-0.4, -0.2) is 23.9 Å². The summed E-state index contributed by atoms with van der Waals surface area (Å²) in [6.07, 6.45) is 2.76. The summed E-state index contributed by atoms with van der Waals surface area (Å²) < 4.78 is 5.68. The van der Waals surface area contributed by atoms with Gasteiger partial charge in [-0.3, -0.25) is 0 Å². The van der Waals surface area contributed by atoms with Crippen molar-refractivity contribution in [2.75, 3.05) is 13.2 Å². The summed E-state index contributed by atoms with van der Waals surface area (Å²) in [6, 6.07) is 8.30. The van der Waals surface area contributed by atoms with Crippen LogP contribution < -0.4 is 10.5 Å². The molecule has 0 saturated heterocycles. The predicted octanol–water partition coefficient (Wildman–Crippen LogP) is 3.07. The molecule has 0 radical (unpaired) electrons. The van der Waals surface area contributed by atoms with Crippen molar-refractivity contribution in [3.63, 3.8) is 0 Å². The van der Waals surface area contributed by atoms with Crippen molar-refractivity contribution >= 4 is 0 Å². The molecule has 0 aliphatic heterocycles. The summed E-state index contributed by atoms with van der Waals surface area (Å²) in [5.41, 5.74) is 6.71. The van der Waals surface area contributed by atoms with Crippen LogP contribution in [-0.2, 0) is 0 Å². The second-order valence-corrected chi connectivity index (χ2v) is 5.64. The van der Waals surface area contributed by atoms with Crippen LogP contribution in [0.2, 0.25) is 0 Å². The van der Waals surface area contributed by atoms with Crippen LogP contribution in [0, 0.1) is 0 Å². The maximum Gasteiger partial charge on any atom is 0.119 e. The molecule has 0 aliphatic rings. The smallest absolute Gasteiger partial charge is 0.119 e. The molecule has 108 valence electrons. The zero-order valence-electron chi connectivity index (χ0n) is 12.4. The summed E-state index contributed by atoms with van der Waals surface area (Å²) in [6.45, 7) is 6.92. The van der Waals surface area contributed by atoms with E-state index >= 15 is 0 Å². The minimum absolute atomic E-state index is 0.0105. The molecule has 0 saturated carbocycles. The molecule has 0 aliphatic carbocycles. The van der Waals surface area contributed by atoms with Gasteiger partial charge in [-0.05, 0) is 49.8 Å². The molecule has 1 aromatic carbocycles. The molecular weight excluding hydrogens is 238 g/mol. The fourth-order valence-corrected chi connectivity index (χ4v) is 1.87. The summed E-state index contributed by atoms with van der Waals surface area (Å²) in [7, 11) is 0. The number of aliphatic hydroxyl groups excluding tert-OH is 1. The first kappa shape index (κ1) is 16.0. The molecule has 19 heavy (non-hydrogen) atoms. The fraction of sp³-hybridized carbons (Fsp3) is 0.625. The molecule has 0 heterocycles. The van der Waals surface area contributed by atoms with E-state index in [9.17, 15) is 0 Å². The van der Waals surface area contributed by atoms with Crippen LogP contribution in [0.4, 0.5) is 0 Å². The van der Waals surface area contributed by atoms with E-state index in [0.717, 1.165) is 25.0 Å². The standard InChI is InChI=1S/C16H27NO2/c1-4-13(2)14-6-8-15(9-7-14)19-11-5-10-16(3,17)12-18/h6-9,13,18H,4-5,10-12,17H2,1-3H3. The number of ether oxygens (including phenoxy) is 1. The largest absolute Gasteiger partial charge is 0.494 e. The van der Waals surface area contributed by atoms with Crippen molar-refractivity contribution in [2.24, 2.45) is 5.73 Å². The van der Waals surface area contributed by atoms with Crippen LogP contribution in [0.3, 0.4) is 0 Å². The normalized spacial score (nSPS) is 15.8. The highest BCUT2D eigenvalue weighted by Crippen LogP contribution is 2.21. The molecule has 0 fully saturated rings. The first-order chi connectivity index (χ1) is 8.98. The number of benzene rings is 1. The van der Waals surface area contributed by atoms with Crippen molar-refractivity contribution in [1.82, 2.24) is 0 Å². The van der Waals surface area contributed by atoms with E-state index in [0.29, 0.717) is 12.5 Å². The van der Waals surface area contributed by atoms with Gasteiger partial charge in [0, 0.05) is 5.54 Å². The van der Waals surface area contributed by atoms with E-state index in [4.69, 9.17) is 15.6 Å². The van der Waals surface area contributed by atoms with Gasteiger partial charge in [0.15, 0.2) is 0 Å². The Morgan fingerprint density at radius 2 is 1.95 bits per heavy atom. The van der Waals surface area contributed by atoms with Gasteiger partial charge >= 0.3 is 0 Å². The molecule has 1 rings (SSSR count). The Morgan fingerprint density at radius 3 is 2.47 bits per heavy atom. The summed E-state index contributed by atoms with van der Waals surface area (Å²) in [4.78, 5) is 0. The van der Waals surface area contributed by atoms with Gasteiger partial charge in [0.1, 0.15) is 5.75 Å². The first-order valence-electron chi connectivity index (χ1n) is 7.11. The maximum absolute atomic E-state index is 9.05. The number of aliphatic hydroxyl groups is 1. The van der Waals surface area contributed by atoms with Crippen LogP contribution in [0.1, 0.15) is 51.5 Å². The van der Waals surface area contributed by atoms with Crippen LogP contribution >= 0.6 is 0 Å². The van der Waals surface area contributed by atoms with Crippen molar-refractivity contribution in [2.45, 2.75) is 51.5 Å². The minimum atomic E-state index is -0.496. The molecule has 0 spiro atoms. The molecule has 0 bridgehead atoms. The Kier molecular flexibility index (Phi) is 6.32. The number of rotatable bonds is 8. The number of hydrogen-bond donors (Lipinski definition) is 2. The second-order valence-electron chi connectivity index (χ2n) is 5.64. The fourth-order valence-electron chi connectivity index (χ4n) is 1.87. The lowest BCUT2D eigenvalue weighted by Crippen LogP contribution is -2.40. The van der Waals surface area contributed by atoms with Gasteiger partial charge in [-0.25, -0.2) is 0 Å². The van der Waals surface area contributed by atoms with Crippen LogP contribution in [0.25, 0.3) is 0 Å². The second kappa shape index (κ2) is 7.51. The molecule has 3 N–H and O–H groups in total. The molecule has 0 amide bonds. The van der Waals surface area contributed by atoms with Gasteiger partial charge < -0.3 is 15.6 Å². The first-order valence-corrected chi connectivity index (χ1v) is 7.11. The van der Waals surface area contributed by atoms with Crippen molar-refractivity contribution in [1.29, 1.82) is 0 Å². The quantitative estimate of drug-likeness (QED) is 0.710. The van der Waals surface area contributed by atoms with Gasteiger partial charge in [-0.2, -0.15) is 0 Å². The van der Waals surface area contributed by atoms with E-state index in [1.807, 2.05) is 19.1 Å². The predicted molar refractivity (Wildman–Crippen MR) is 79.6 cm³/mol.